The molecule has 8 heteroatoms. The third kappa shape index (κ3) is 3.30. The summed E-state index contributed by atoms with van der Waals surface area (Å²) in [5.74, 6) is 0.193. The summed E-state index contributed by atoms with van der Waals surface area (Å²) in [6.07, 6.45) is 2.38. The molecule has 0 spiro atoms. The first-order valence-corrected chi connectivity index (χ1v) is 8.83. The lowest BCUT2D eigenvalue weighted by molar-refractivity contribution is 0.0734. The number of carbonyl (C=O) groups excluding carboxylic acids is 1. The first-order chi connectivity index (χ1) is 12.9. The van der Waals surface area contributed by atoms with Crippen molar-refractivity contribution in [2.45, 2.75) is 26.8 Å². The van der Waals surface area contributed by atoms with Gasteiger partial charge in [0.05, 0.1) is 0 Å². The number of aromatic nitrogens is 3. The number of rotatable bonds is 2. The number of amides is 1. The van der Waals surface area contributed by atoms with E-state index in [9.17, 15) is 9.18 Å². The third-order valence-corrected chi connectivity index (χ3v) is 4.82. The van der Waals surface area contributed by atoms with Crippen molar-refractivity contribution >= 4 is 17.5 Å². The molecule has 0 fully saturated rings. The summed E-state index contributed by atoms with van der Waals surface area (Å²) >= 11 is 5.88. The summed E-state index contributed by atoms with van der Waals surface area (Å²) in [6.45, 7) is 4.50. The van der Waals surface area contributed by atoms with Crippen molar-refractivity contribution in [1.82, 2.24) is 20.0 Å². The van der Waals surface area contributed by atoms with E-state index in [4.69, 9.17) is 16.1 Å². The average Bonchev–Trinajstić information content (AvgIpc) is 3.05. The Kier molecular flexibility index (Phi) is 4.39. The van der Waals surface area contributed by atoms with Crippen LogP contribution < -0.4 is 0 Å². The molecular formula is C19H16ClFN4O2. The van der Waals surface area contributed by atoms with Crippen LogP contribution in [0.15, 0.2) is 28.9 Å². The minimum Gasteiger partial charge on any atom is -0.339 e. The molecular weight excluding hydrogens is 371 g/mol. The van der Waals surface area contributed by atoms with Gasteiger partial charge in [0.25, 0.3) is 5.91 Å². The van der Waals surface area contributed by atoms with E-state index < -0.39 is 5.82 Å². The predicted molar refractivity (Wildman–Crippen MR) is 96.9 cm³/mol. The second-order valence-electron chi connectivity index (χ2n) is 6.49. The van der Waals surface area contributed by atoms with Gasteiger partial charge in [0, 0.05) is 48.1 Å². The maximum Gasteiger partial charge on any atom is 0.254 e. The van der Waals surface area contributed by atoms with Crippen LogP contribution in [0.25, 0.3) is 11.4 Å². The van der Waals surface area contributed by atoms with Crippen molar-refractivity contribution in [3.8, 4) is 11.4 Å². The number of nitrogens with zero attached hydrogens (tertiary/aromatic N) is 4. The minimum absolute atomic E-state index is 0.197. The first kappa shape index (κ1) is 17.6. The number of carbonyl (C=O) groups is 1. The molecule has 4 rings (SSSR count). The fraction of sp³-hybridized carbons (Fsp3) is 0.263. The van der Waals surface area contributed by atoms with E-state index in [-0.39, 0.29) is 16.5 Å². The lowest BCUT2D eigenvalue weighted by atomic mass is 9.94. The van der Waals surface area contributed by atoms with Crippen molar-refractivity contribution in [3.63, 3.8) is 0 Å². The van der Waals surface area contributed by atoms with Gasteiger partial charge in [-0.25, -0.2) is 4.39 Å². The molecule has 2 aromatic heterocycles. The highest BCUT2D eigenvalue weighted by molar-refractivity contribution is 6.31. The van der Waals surface area contributed by atoms with Gasteiger partial charge in [0.1, 0.15) is 5.82 Å². The number of hydrogen-bond donors (Lipinski definition) is 0. The van der Waals surface area contributed by atoms with E-state index in [0.29, 0.717) is 31.2 Å². The monoisotopic (exact) mass is 386 g/mol. The molecule has 27 heavy (non-hydrogen) atoms. The molecule has 0 radical (unpaired) electrons. The van der Waals surface area contributed by atoms with Crippen LogP contribution in [0.2, 0.25) is 5.02 Å². The van der Waals surface area contributed by atoms with Crippen molar-refractivity contribution in [2.75, 3.05) is 6.54 Å². The Hall–Kier alpha value is -2.80. The molecule has 0 saturated carbocycles. The van der Waals surface area contributed by atoms with Crippen molar-refractivity contribution < 1.29 is 13.7 Å². The highest BCUT2D eigenvalue weighted by Gasteiger charge is 2.27. The van der Waals surface area contributed by atoms with Crippen LogP contribution >= 0.6 is 11.6 Å². The van der Waals surface area contributed by atoms with Crippen LogP contribution in [0, 0.1) is 19.7 Å². The van der Waals surface area contributed by atoms with Crippen molar-refractivity contribution in [3.05, 3.63) is 63.5 Å². The van der Waals surface area contributed by atoms with Crippen LogP contribution in [0.3, 0.4) is 0 Å². The predicted octanol–water partition coefficient (Wildman–Crippen LogP) is 3.74. The molecule has 3 heterocycles. The molecule has 138 valence electrons. The Bertz CT molecular complexity index is 1030. The van der Waals surface area contributed by atoms with Gasteiger partial charge in [0.2, 0.25) is 11.7 Å². The number of fused-ring (bicyclic) bond motifs is 1. The van der Waals surface area contributed by atoms with Gasteiger partial charge >= 0.3 is 0 Å². The molecule has 0 unspecified atom stereocenters. The zero-order chi connectivity index (χ0) is 19.1. The summed E-state index contributed by atoms with van der Waals surface area (Å²) in [4.78, 5) is 23.2. The maximum absolute atomic E-state index is 13.6. The molecule has 1 aromatic carbocycles. The standard InChI is InChI=1S/C19H16ClFN4O2/c1-10-17(18-23-11(2)27-24-18)16-3-4-25(9-13(16)8-22-10)19(26)12-5-14(20)7-15(21)6-12/h5-8H,3-4,9H2,1-2H3. The van der Waals surface area contributed by atoms with Crippen LogP contribution in [0.1, 0.15) is 33.1 Å². The van der Waals surface area contributed by atoms with Crippen LogP contribution in [0.5, 0.6) is 0 Å². The van der Waals surface area contributed by atoms with E-state index in [1.165, 1.54) is 18.2 Å². The Morgan fingerprint density at radius 3 is 2.81 bits per heavy atom. The Labute approximate surface area is 160 Å². The largest absolute Gasteiger partial charge is 0.339 e. The lowest BCUT2D eigenvalue weighted by Gasteiger charge is -2.30. The zero-order valence-electron chi connectivity index (χ0n) is 14.8. The molecule has 0 atom stereocenters. The Morgan fingerprint density at radius 1 is 1.30 bits per heavy atom. The fourth-order valence-electron chi connectivity index (χ4n) is 3.38. The number of aryl methyl sites for hydroxylation is 2. The van der Waals surface area contributed by atoms with Gasteiger partial charge in [-0.2, -0.15) is 4.98 Å². The maximum atomic E-state index is 13.6. The molecule has 1 amide bonds. The highest BCUT2D eigenvalue weighted by Crippen LogP contribution is 2.31. The Morgan fingerprint density at radius 2 is 2.11 bits per heavy atom. The second kappa shape index (κ2) is 6.74. The van der Waals surface area contributed by atoms with Crippen LogP contribution in [-0.4, -0.2) is 32.5 Å². The van der Waals surface area contributed by atoms with Crippen molar-refractivity contribution in [1.29, 1.82) is 0 Å². The topological polar surface area (TPSA) is 72.1 Å². The molecule has 0 saturated heterocycles. The highest BCUT2D eigenvalue weighted by atomic mass is 35.5. The van der Waals surface area contributed by atoms with E-state index in [2.05, 4.69) is 15.1 Å². The summed E-state index contributed by atoms with van der Waals surface area (Å²) in [6, 6.07) is 3.85. The van der Waals surface area contributed by atoms with Gasteiger partial charge in [-0.1, -0.05) is 16.8 Å². The molecule has 6 nitrogen and oxygen atoms in total. The van der Waals surface area contributed by atoms with E-state index in [0.717, 1.165) is 22.4 Å². The Balaban J connectivity index is 1.67. The molecule has 1 aliphatic heterocycles. The molecule has 1 aliphatic rings. The van der Waals surface area contributed by atoms with Crippen molar-refractivity contribution in [2.24, 2.45) is 0 Å². The quantitative estimate of drug-likeness (QED) is 0.670. The van der Waals surface area contributed by atoms with Gasteiger partial charge in [-0.3, -0.25) is 9.78 Å². The molecule has 3 aromatic rings. The lowest BCUT2D eigenvalue weighted by Crippen LogP contribution is -2.36. The van der Waals surface area contributed by atoms with Gasteiger partial charge in [-0.15, -0.1) is 0 Å². The van der Waals surface area contributed by atoms with Crippen LogP contribution in [-0.2, 0) is 13.0 Å². The van der Waals surface area contributed by atoms with Gasteiger partial charge in [0.15, 0.2) is 0 Å². The van der Waals surface area contributed by atoms with E-state index in [1.54, 1.807) is 18.0 Å². The second-order valence-corrected chi connectivity index (χ2v) is 6.93. The normalized spacial score (nSPS) is 13.6. The number of benzene rings is 1. The van der Waals surface area contributed by atoms with Gasteiger partial charge < -0.3 is 9.42 Å². The molecule has 0 aliphatic carbocycles. The van der Waals surface area contributed by atoms with E-state index >= 15 is 0 Å². The van der Waals surface area contributed by atoms with E-state index in [1.807, 2.05) is 6.92 Å². The third-order valence-electron chi connectivity index (χ3n) is 4.61. The number of hydrogen-bond acceptors (Lipinski definition) is 5. The van der Waals surface area contributed by atoms with Gasteiger partial charge in [-0.05, 0) is 42.7 Å². The smallest absolute Gasteiger partial charge is 0.254 e. The first-order valence-electron chi connectivity index (χ1n) is 8.46. The number of pyridine rings is 1. The number of halogens is 2. The summed E-state index contributed by atoms with van der Waals surface area (Å²) in [7, 11) is 0. The summed E-state index contributed by atoms with van der Waals surface area (Å²) in [5.41, 5.74) is 3.87. The summed E-state index contributed by atoms with van der Waals surface area (Å²) < 4.78 is 18.7. The summed E-state index contributed by atoms with van der Waals surface area (Å²) in [5, 5.41) is 4.21. The zero-order valence-corrected chi connectivity index (χ0v) is 15.5. The molecule has 0 N–H and O–H groups in total. The fourth-order valence-corrected chi connectivity index (χ4v) is 3.60. The van der Waals surface area contributed by atoms with Crippen LogP contribution in [0.4, 0.5) is 4.39 Å². The molecule has 0 bridgehead atoms. The average molecular weight is 387 g/mol. The SMILES string of the molecule is Cc1nc(-c2c(C)ncc3c2CCN(C(=O)c2cc(F)cc(Cl)c2)C3)no1. The minimum atomic E-state index is -0.532.